The molecule has 0 radical (unpaired) electrons. The van der Waals surface area contributed by atoms with Gasteiger partial charge < -0.3 is 20.5 Å². The fourth-order valence-electron chi connectivity index (χ4n) is 3.11. The third-order valence-corrected chi connectivity index (χ3v) is 4.21. The number of benzene rings is 1. The number of para-hydroxylation sites is 1. The summed E-state index contributed by atoms with van der Waals surface area (Å²) in [5.41, 5.74) is 0.565. The van der Waals surface area contributed by atoms with Crippen LogP contribution < -0.4 is 10.6 Å². The lowest BCUT2D eigenvalue weighted by Crippen LogP contribution is -2.37. The van der Waals surface area contributed by atoms with Gasteiger partial charge in [-0.05, 0) is 13.8 Å². The van der Waals surface area contributed by atoms with Crippen molar-refractivity contribution in [2.45, 2.75) is 19.8 Å². The predicted octanol–water partition coefficient (Wildman–Crippen LogP) is 1.11. The molecule has 1 aromatic rings. The summed E-state index contributed by atoms with van der Waals surface area (Å²) in [5, 5.41) is 26.6. The second-order valence-corrected chi connectivity index (χ2v) is 5.76. The number of carbonyl (C=O) groups excluding carboxylic acids is 2. The largest absolute Gasteiger partial charge is 0.463 e. The van der Waals surface area contributed by atoms with Crippen LogP contribution in [0.3, 0.4) is 0 Å². The quantitative estimate of drug-likeness (QED) is 0.386. The summed E-state index contributed by atoms with van der Waals surface area (Å²) >= 11 is 0. The minimum absolute atomic E-state index is 0.0305. The number of nitro groups is 1. The maximum Gasteiger partial charge on any atom is 0.336 e. The highest BCUT2D eigenvalue weighted by atomic mass is 16.6. The van der Waals surface area contributed by atoms with E-state index in [-0.39, 0.29) is 34.7 Å². The molecular weight excluding hydrogens is 354 g/mol. The van der Waals surface area contributed by atoms with E-state index in [2.05, 4.69) is 10.6 Å². The van der Waals surface area contributed by atoms with Crippen molar-refractivity contribution in [3.63, 3.8) is 0 Å². The van der Waals surface area contributed by atoms with E-state index in [1.165, 1.54) is 25.2 Å². The highest BCUT2D eigenvalue weighted by molar-refractivity contribution is 6.02. The average Bonchev–Trinajstić information content (AvgIpc) is 2.66. The van der Waals surface area contributed by atoms with Crippen LogP contribution in [0.2, 0.25) is 0 Å². The van der Waals surface area contributed by atoms with Crippen LogP contribution in [-0.4, -0.2) is 42.2 Å². The first-order valence-electron chi connectivity index (χ1n) is 8.31. The summed E-state index contributed by atoms with van der Waals surface area (Å²) in [7, 11) is 1.40. The maximum atomic E-state index is 12.6. The number of carbonyl (C=O) groups is 2. The highest BCUT2D eigenvalue weighted by Gasteiger charge is 2.40. The number of dihydropyridines is 1. The predicted molar refractivity (Wildman–Crippen MR) is 96.5 cm³/mol. The van der Waals surface area contributed by atoms with E-state index in [9.17, 15) is 24.8 Å². The van der Waals surface area contributed by atoms with Gasteiger partial charge in [-0.3, -0.25) is 14.9 Å². The number of hydrogen-bond acceptors (Lipinski definition) is 7. The molecule has 27 heavy (non-hydrogen) atoms. The number of aliphatic hydroxyl groups is 1. The van der Waals surface area contributed by atoms with Gasteiger partial charge in [0.25, 0.3) is 5.69 Å². The highest BCUT2D eigenvalue weighted by Crippen LogP contribution is 2.42. The Labute approximate surface area is 155 Å². The molecule has 1 atom stereocenters. The molecule has 1 aromatic carbocycles. The lowest BCUT2D eigenvalue weighted by atomic mass is 9.79. The molecule has 2 rings (SSSR count). The molecule has 9 nitrogen and oxygen atoms in total. The number of aliphatic hydroxyl groups excluding tert-OH is 1. The van der Waals surface area contributed by atoms with Gasteiger partial charge >= 0.3 is 5.97 Å². The summed E-state index contributed by atoms with van der Waals surface area (Å²) in [5.74, 6) is -2.32. The van der Waals surface area contributed by atoms with Gasteiger partial charge in [0, 0.05) is 24.4 Å². The van der Waals surface area contributed by atoms with Gasteiger partial charge in [-0.25, -0.2) is 4.79 Å². The zero-order chi connectivity index (χ0) is 20.1. The van der Waals surface area contributed by atoms with E-state index in [0.29, 0.717) is 5.70 Å². The van der Waals surface area contributed by atoms with Crippen LogP contribution in [0, 0.1) is 10.1 Å². The molecule has 144 valence electrons. The van der Waals surface area contributed by atoms with Gasteiger partial charge in [-0.2, -0.15) is 0 Å². The number of rotatable bonds is 6. The molecule has 0 aliphatic carbocycles. The molecule has 3 N–H and O–H groups in total. The van der Waals surface area contributed by atoms with Gasteiger partial charge in [0.2, 0.25) is 5.91 Å². The summed E-state index contributed by atoms with van der Waals surface area (Å²) < 4.78 is 5.11. The third-order valence-electron chi connectivity index (χ3n) is 4.21. The topological polar surface area (TPSA) is 131 Å². The Morgan fingerprint density at radius 3 is 2.56 bits per heavy atom. The molecule has 0 aromatic heterocycles. The second kappa shape index (κ2) is 8.45. The smallest absolute Gasteiger partial charge is 0.336 e. The average molecular weight is 375 g/mol. The first-order valence-corrected chi connectivity index (χ1v) is 8.31. The van der Waals surface area contributed by atoms with E-state index in [4.69, 9.17) is 4.74 Å². The first kappa shape index (κ1) is 20.1. The number of amides is 1. The molecule has 0 saturated carbocycles. The van der Waals surface area contributed by atoms with E-state index < -0.39 is 29.3 Å². The van der Waals surface area contributed by atoms with Crippen LogP contribution in [0.4, 0.5) is 5.69 Å². The van der Waals surface area contributed by atoms with Crippen molar-refractivity contribution in [3.05, 3.63) is 62.5 Å². The Bertz CT molecular complexity index is 843. The van der Waals surface area contributed by atoms with E-state index >= 15 is 0 Å². The molecule has 1 aliphatic rings. The lowest BCUT2D eigenvalue weighted by molar-refractivity contribution is -0.385. The van der Waals surface area contributed by atoms with Crippen LogP contribution in [0.25, 0.3) is 0 Å². The number of hydrogen-bond donors (Lipinski definition) is 3. The van der Waals surface area contributed by atoms with E-state index in [0.717, 1.165) is 0 Å². The van der Waals surface area contributed by atoms with Crippen LogP contribution in [0.15, 0.2) is 46.8 Å². The van der Waals surface area contributed by atoms with Crippen LogP contribution in [0.1, 0.15) is 25.3 Å². The number of nitrogens with one attached hydrogen (secondary N) is 2. The number of ether oxygens (including phenoxy) is 1. The second-order valence-electron chi connectivity index (χ2n) is 5.76. The lowest BCUT2D eigenvalue weighted by Gasteiger charge is -2.31. The SMILES string of the molecule is CCOC(=O)C1=C(C)NC(CO)=C(C(=O)NC)C1c1ccccc1[N+](=O)[O-]. The number of allylic oxidation sites excluding steroid dienone is 1. The molecule has 1 aliphatic heterocycles. The molecule has 1 unspecified atom stereocenters. The number of nitrogens with zero attached hydrogens (tertiary/aromatic N) is 1. The zero-order valence-electron chi connectivity index (χ0n) is 15.2. The van der Waals surface area contributed by atoms with Crippen molar-refractivity contribution in [1.29, 1.82) is 0 Å². The Balaban J connectivity index is 2.81. The Morgan fingerprint density at radius 2 is 2.00 bits per heavy atom. The van der Waals surface area contributed by atoms with Crippen LogP contribution >= 0.6 is 0 Å². The van der Waals surface area contributed by atoms with Crippen molar-refractivity contribution in [2.75, 3.05) is 20.3 Å². The summed E-state index contributed by atoms with van der Waals surface area (Å²) in [6.07, 6.45) is 0. The van der Waals surface area contributed by atoms with Crippen molar-refractivity contribution in [1.82, 2.24) is 10.6 Å². The molecule has 0 saturated heterocycles. The van der Waals surface area contributed by atoms with E-state index in [1.807, 2.05) is 0 Å². The first-order chi connectivity index (χ1) is 12.9. The molecule has 0 bridgehead atoms. The number of likely N-dealkylation sites (N-methyl/N-ethyl adjacent to an activating group) is 1. The van der Waals surface area contributed by atoms with Crippen molar-refractivity contribution >= 4 is 17.6 Å². The Hall–Kier alpha value is -3.20. The molecule has 9 heteroatoms. The van der Waals surface area contributed by atoms with Crippen LogP contribution in [-0.2, 0) is 14.3 Å². The molecule has 0 fully saturated rings. The number of esters is 1. The number of nitro benzene ring substituents is 1. The van der Waals surface area contributed by atoms with Gasteiger partial charge in [0.15, 0.2) is 0 Å². The van der Waals surface area contributed by atoms with Gasteiger partial charge in [-0.1, -0.05) is 18.2 Å². The van der Waals surface area contributed by atoms with Gasteiger partial charge in [0.05, 0.1) is 40.9 Å². The van der Waals surface area contributed by atoms with Crippen LogP contribution in [0.5, 0.6) is 0 Å². The molecule has 1 heterocycles. The summed E-state index contributed by atoms with van der Waals surface area (Å²) in [4.78, 5) is 36.2. The summed E-state index contributed by atoms with van der Waals surface area (Å²) in [6, 6.07) is 5.87. The van der Waals surface area contributed by atoms with Gasteiger partial charge in [-0.15, -0.1) is 0 Å². The standard InChI is InChI=1S/C18H21N3O6/c1-4-27-18(24)14-10(2)20-12(9-22)16(17(23)19-3)15(14)11-7-5-6-8-13(11)21(25)26/h5-8,15,20,22H,4,9H2,1-3H3,(H,19,23). The minimum atomic E-state index is -1.06. The summed E-state index contributed by atoms with van der Waals surface area (Å²) in [6.45, 7) is 2.82. The molecular formula is C18H21N3O6. The monoisotopic (exact) mass is 375 g/mol. The Morgan fingerprint density at radius 1 is 1.33 bits per heavy atom. The normalized spacial score (nSPS) is 16.7. The Kier molecular flexibility index (Phi) is 6.30. The molecule has 1 amide bonds. The fraction of sp³-hybridized carbons (Fsp3) is 0.333. The van der Waals surface area contributed by atoms with E-state index in [1.54, 1.807) is 19.9 Å². The maximum absolute atomic E-state index is 12.6. The molecule has 0 spiro atoms. The van der Waals surface area contributed by atoms with Gasteiger partial charge in [0.1, 0.15) is 0 Å². The van der Waals surface area contributed by atoms with Crippen molar-refractivity contribution in [3.8, 4) is 0 Å². The zero-order valence-corrected chi connectivity index (χ0v) is 15.2. The fourth-order valence-corrected chi connectivity index (χ4v) is 3.11. The minimum Gasteiger partial charge on any atom is -0.463 e. The third kappa shape index (κ3) is 3.82. The van der Waals surface area contributed by atoms with Crippen molar-refractivity contribution in [2.24, 2.45) is 0 Å². The van der Waals surface area contributed by atoms with Crippen molar-refractivity contribution < 1.29 is 24.4 Å².